The Morgan fingerprint density at radius 3 is 2.07 bits per heavy atom. The standard InChI is InChI=1S/C20H14Cl2N2O5S/c21-16-11-17(22)18(10-15(16)19(25)23-13-4-2-1-3-5-13)30(28,29)24-14-8-6-12(7-9-14)20(26)27/h1-11,24H,(H,23,25)(H,26,27). The third-order valence-corrected chi connectivity index (χ3v) is 6.13. The molecule has 1 amide bonds. The van der Waals surface area contributed by atoms with Crippen LogP contribution in [0.25, 0.3) is 0 Å². The fraction of sp³-hybridized carbons (Fsp3) is 0. The van der Waals surface area contributed by atoms with Gasteiger partial charge in [-0.1, -0.05) is 41.4 Å². The highest BCUT2D eigenvalue weighted by Crippen LogP contribution is 2.30. The third kappa shape index (κ3) is 4.91. The molecule has 0 radical (unpaired) electrons. The molecule has 0 unspecified atom stereocenters. The van der Waals surface area contributed by atoms with Gasteiger partial charge in [0.25, 0.3) is 15.9 Å². The molecule has 3 aromatic carbocycles. The maximum atomic E-state index is 12.8. The first-order valence-corrected chi connectivity index (χ1v) is 10.6. The van der Waals surface area contributed by atoms with Crippen LogP contribution in [-0.4, -0.2) is 25.4 Å². The molecule has 0 aliphatic carbocycles. The van der Waals surface area contributed by atoms with Gasteiger partial charge in [-0.25, -0.2) is 13.2 Å². The third-order valence-electron chi connectivity index (χ3n) is 3.97. The Morgan fingerprint density at radius 1 is 0.833 bits per heavy atom. The van der Waals surface area contributed by atoms with E-state index in [2.05, 4.69) is 10.0 Å². The van der Waals surface area contributed by atoms with Gasteiger partial charge in [-0.2, -0.15) is 0 Å². The summed E-state index contributed by atoms with van der Waals surface area (Å²) in [6, 6.07) is 15.9. The quantitative estimate of drug-likeness (QED) is 0.487. The molecule has 3 aromatic rings. The Bertz CT molecular complexity index is 1210. The Labute approximate surface area is 182 Å². The summed E-state index contributed by atoms with van der Waals surface area (Å²) in [4.78, 5) is 23.1. The van der Waals surface area contributed by atoms with Crippen molar-refractivity contribution in [2.24, 2.45) is 0 Å². The first kappa shape index (κ1) is 21.6. The van der Waals surface area contributed by atoms with Crippen molar-refractivity contribution < 1.29 is 23.1 Å². The van der Waals surface area contributed by atoms with Gasteiger partial charge in [0.15, 0.2) is 0 Å². The predicted octanol–water partition coefficient (Wildman–Crippen LogP) is 4.74. The molecule has 0 atom stereocenters. The molecule has 0 bridgehead atoms. The molecule has 0 saturated heterocycles. The molecule has 7 nitrogen and oxygen atoms in total. The number of hydrogen-bond acceptors (Lipinski definition) is 4. The maximum absolute atomic E-state index is 12.8. The molecule has 0 saturated carbocycles. The highest BCUT2D eigenvalue weighted by Gasteiger charge is 2.23. The normalized spacial score (nSPS) is 11.0. The maximum Gasteiger partial charge on any atom is 0.335 e. The number of hydrogen-bond donors (Lipinski definition) is 3. The van der Waals surface area contributed by atoms with Crippen LogP contribution >= 0.6 is 23.2 Å². The van der Waals surface area contributed by atoms with Gasteiger partial charge < -0.3 is 10.4 Å². The van der Waals surface area contributed by atoms with Crippen LogP contribution in [0.5, 0.6) is 0 Å². The molecule has 0 aliphatic heterocycles. The van der Waals surface area contributed by atoms with Crippen molar-refractivity contribution in [3.8, 4) is 0 Å². The highest BCUT2D eigenvalue weighted by atomic mass is 35.5. The second-order valence-corrected chi connectivity index (χ2v) is 8.54. The predicted molar refractivity (Wildman–Crippen MR) is 115 cm³/mol. The van der Waals surface area contributed by atoms with E-state index in [0.29, 0.717) is 5.69 Å². The van der Waals surface area contributed by atoms with Gasteiger partial charge in [0.05, 0.1) is 21.2 Å². The molecule has 0 spiro atoms. The molecule has 30 heavy (non-hydrogen) atoms. The number of benzene rings is 3. The van der Waals surface area contributed by atoms with Crippen molar-refractivity contribution >= 4 is 56.5 Å². The number of carboxylic acids is 1. The second kappa shape index (κ2) is 8.74. The first-order valence-electron chi connectivity index (χ1n) is 8.39. The number of carboxylic acid groups (broad SMARTS) is 1. The summed E-state index contributed by atoms with van der Waals surface area (Å²) in [5, 5.41) is 11.4. The number of halogens is 2. The van der Waals surface area contributed by atoms with Crippen molar-refractivity contribution in [3.63, 3.8) is 0 Å². The van der Waals surface area contributed by atoms with Gasteiger partial charge in [0.1, 0.15) is 4.90 Å². The molecule has 3 N–H and O–H groups in total. The zero-order valence-electron chi connectivity index (χ0n) is 15.1. The molecular formula is C20H14Cl2N2O5S. The van der Waals surface area contributed by atoms with Gasteiger partial charge in [0.2, 0.25) is 0 Å². The SMILES string of the molecule is O=C(O)c1ccc(NS(=O)(=O)c2cc(C(=O)Nc3ccccc3)c(Cl)cc2Cl)cc1. The average molecular weight is 465 g/mol. The van der Waals surface area contributed by atoms with Gasteiger partial charge in [0, 0.05) is 11.4 Å². The highest BCUT2D eigenvalue weighted by molar-refractivity contribution is 7.92. The van der Waals surface area contributed by atoms with Crippen molar-refractivity contribution in [2.45, 2.75) is 4.90 Å². The largest absolute Gasteiger partial charge is 0.478 e. The van der Waals surface area contributed by atoms with Gasteiger partial charge in [-0.3, -0.25) is 9.52 Å². The number of rotatable bonds is 6. The van der Waals surface area contributed by atoms with Gasteiger partial charge in [-0.15, -0.1) is 0 Å². The summed E-state index contributed by atoms with van der Waals surface area (Å²) in [6.45, 7) is 0. The summed E-state index contributed by atoms with van der Waals surface area (Å²) in [7, 11) is -4.19. The fourth-order valence-corrected chi connectivity index (χ4v) is 4.44. The lowest BCUT2D eigenvalue weighted by Gasteiger charge is -2.13. The van der Waals surface area contributed by atoms with E-state index in [-0.39, 0.29) is 31.8 Å². The number of carbonyl (C=O) groups is 2. The number of nitrogens with one attached hydrogen (secondary N) is 2. The summed E-state index contributed by atoms with van der Waals surface area (Å²) in [5.74, 6) is -1.75. The minimum atomic E-state index is -4.19. The van der Waals surface area contributed by atoms with E-state index in [4.69, 9.17) is 28.3 Å². The number of para-hydroxylation sites is 1. The van der Waals surface area contributed by atoms with Crippen LogP contribution in [0.15, 0.2) is 71.6 Å². The van der Waals surface area contributed by atoms with Crippen LogP contribution in [0.3, 0.4) is 0 Å². The average Bonchev–Trinajstić information content (AvgIpc) is 2.68. The summed E-state index contributed by atoms with van der Waals surface area (Å²) in [6.07, 6.45) is 0. The number of sulfonamides is 1. The molecule has 0 aromatic heterocycles. The number of anilines is 2. The first-order chi connectivity index (χ1) is 14.2. The molecular weight excluding hydrogens is 451 g/mol. The van der Waals surface area contributed by atoms with Gasteiger partial charge in [-0.05, 0) is 48.5 Å². The van der Waals surface area contributed by atoms with Crippen LogP contribution < -0.4 is 10.0 Å². The Kier molecular flexibility index (Phi) is 6.31. The van der Waals surface area contributed by atoms with Crippen molar-refractivity contribution in [1.29, 1.82) is 0 Å². The van der Waals surface area contributed by atoms with E-state index in [9.17, 15) is 18.0 Å². The molecule has 0 aliphatic rings. The van der Waals surface area contributed by atoms with Crippen LogP contribution in [0, 0.1) is 0 Å². The van der Waals surface area contributed by atoms with E-state index in [0.717, 1.165) is 6.07 Å². The van der Waals surface area contributed by atoms with Crippen LogP contribution in [-0.2, 0) is 10.0 Å². The minimum Gasteiger partial charge on any atom is -0.478 e. The zero-order valence-corrected chi connectivity index (χ0v) is 17.4. The lowest BCUT2D eigenvalue weighted by Crippen LogP contribution is -2.17. The molecule has 0 fully saturated rings. The second-order valence-electron chi connectivity index (χ2n) is 6.07. The monoisotopic (exact) mass is 464 g/mol. The number of amides is 1. The summed E-state index contributed by atoms with van der Waals surface area (Å²) in [5.41, 5.74) is 0.560. The number of aromatic carboxylic acids is 1. The minimum absolute atomic E-state index is 0.00217. The van der Waals surface area contributed by atoms with E-state index in [1.165, 1.54) is 30.3 Å². The van der Waals surface area contributed by atoms with Crippen LogP contribution in [0.1, 0.15) is 20.7 Å². The van der Waals surface area contributed by atoms with Crippen molar-refractivity contribution in [3.05, 3.63) is 87.9 Å². The Hall–Kier alpha value is -3.07. The lowest BCUT2D eigenvalue weighted by atomic mass is 10.2. The fourth-order valence-electron chi connectivity index (χ4n) is 2.52. The molecule has 3 rings (SSSR count). The van der Waals surface area contributed by atoms with Crippen molar-refractivity contribution in [2.75, 3.05) is 10.0 Å². The van der Waals surface area contributed by atoms with E-state index >= 15 is 0 Å². The Balaban J connectivity index is 1.91. The molecule has 154 valence electrons. The summed E-state index contributed by atoms with van der Waals surface area (Å²) < 4.78 is 27.9. The molecule has 10 heteroatoms. The van der Waals surface area contributed by atoms with E-state index in [1.807, 2.05) is 0 Å². The number of carbonyl (C=O) groups excluding carboxylic acids is 1. The van der Waals surface area contributed by atoms with Crippen molar-refractivity contribution in [1.82, 2.24) is 0 Å². The molecule has 0 heterocycles. The Morgan fingerprint density at radius 2 is 1.47 bits per heavy atom. The topological polar surface area (TPSA) is 113 Å². The lowest BCUT2D eigenvalue weighted by molar-refractivity contribution is 0.0696. The van der Waals surface area contributed by atoms with E-state index < -0.39 is 21.9 Å². The zero-order chi connectivity index (χ0) is 21.9. The van der Waals surface area contributed by atoms with Gasteiger partial charge >= 0.3 is 5.97 Å². The van der Waals surface area contributed by atoms with Crippen LogP contribution in [0.4, 0.5) is 11.4 Å². The smallest absolute Gasteiger partial charge is 0.335 e. The van der Waals surface area contributed by atoms with E-state index in [1.54, 1.807) is 30.3 Å². The summed E-state index contributed by atoms with van der Waals surface area (Å²) >= 11 is 12.2. The van der Waals surface area contributed by atoms with Crippen LogP contribution in [0.2, 0.25) is 10.0 Å².